The Morgan fingerprint density at radius 1 is 1.19 bits per heavy atom. The molecule has 0 bridgehead atoms. The van der Waals surface area contributed by atoms with Crippen molar-refractivity contribution in [3.8, 4) is 11.8 Å². The normalized spacial score (nSPS) is 10.1. The lowest BCUT2D eigenvalue weighted by molar-refractivity contribution is 0.417. The molecule has 1 heterocycles. The van der Waals surface area contributed by atoms with Crippen LogP contribution in [0.1, 0.15) is 22.5 Å². The fourth-order valence-corrected chi connectivity index (χ4v) is 2.30. The zero-order chi connectivity index (χ0) is 15.6. The monoisotopic (exact) mass is 301 g/mol. The second kappa shape index (κ2) is 6.02. The van der Waals surface area contributed by atoms with Crippen molar-refractivity contribution in [2.75, 3.05) is 12.4 Å². The van der Waals surface area contributed by atoms with Crippen LogP contribution in [0.2, 0.25) is 5.02 Å². The Kier molecular flexibility index (Phi) is 4.35. The molecule has 0 aliphatic heterocycles. The topological polar surface area (TPSA) is 57.9 Å². The first kappa shape index (κ1) is 15.1. The van der Waals surface area contributed by atoms with Crippen LogP contribution < -0.4 is 10.1 Å². The van der Waals surface area contributed by atoms with Gasteiger partial charge in [0.1, 0.15) is 11.8 Å². The van der Waals surface area contributed by atoms with Crippen molar-refractivity contribution in [2.45, 2.75) is 20.8 Å². The summed E-state index contributed by atoms with van der Waals surface area (Å²) in [5, 5.41) is 13.2. The molecule has 2 aromatic rings. The molecule has 0 radical (unpaired) electrons. The number of ether oxygens (including phenoxy) is 1. The minimum Gasteiger partial charge on any atom is -0.495 e. The van der Waals surface area contributed by atoms with Crippen LogP contribution in [0, 0.1) is 32.1 Å². The number of pyridine rings is 1. The standard InChI is InChI=1S/C16H16ClN3O/c1-9-5-15(16(21-4)7-13(9)17)20-14-6-10(2)19-11(3)12(14)8-18/h5-7H,1-4H3,(H,19,20). The van der Waals surface area contributed by atoms with E-state index in [4.69, 9.17) is 16.3 Å². The summed E-state index contributed by atoms with van der Waals surface area (Å²) in [5.41, 5.74) is 4.47. The zero-order valence-electron chi connectivity index (χ0n) is 12.4. The quantitative estimate of drug-likeness (QED) is 0.919. The van der Waals surface area contributed by atoms with Crippen LogP contribution in [0.25, 0.3) is 0 Å². The summed E-state index contributed by atoms with van der Waals surface area (Å²) >= 11 is 6.11. The Hall–Kier alpha value is -2.25. The molecule has 21 heavy (non-hydrogen) atoms. The molecular formula is C16H16ClN3O. The lowest BCUT2D eigenvalue weighted by Crippen LogP contribution is -2.01. The number of nitriles is 1. The first-order chi connectivity index (χ1) is 9.96. The van der Waals surface area contributed by atoms with Gasteiger partial charge in [0.2, 0.25) is 0 Å². The molecule has 4 nitrogen and oxygen atoms in total. The van der Waals surface area contributed by atoms with Crippen molar-refractivity contribution >= 4 is 23.0 Å². The predicted octanol–water partition coefficient (Wildman–Crippen LogP) is 4.28. The van der Waals surface area contributed by atoms with Gasteiger partial charge >= 0.3 is 0 Å². The molecule has 0 amide bonds. The number of benzene rings is 1. The Balaban J connectivity index is 2.53. The summed E-state index contributed by atoms with van der Waals surface area (Å²) in [7, 11) is 1.58. The van der Waals surface area contributed by atoms with Crippen molar-refractivity contribution in [3.63, 3.8) is 0 Å². The lowest BCUT2D eigenvalue weighted by atomic mass is 10.1. The minimum absolute atomic E-state index is 0.523. The molecule has 0 aliphatic rings. The highest BCUT2D eigenvalue weighted by molar-refractivity contribution is 6.31. The summed E-state index contributed by atoms with van der Waals surface area (Å²) in [5.74, 6) is 0.626. The lowest BCUT2D eigenvalue weighted by Gasteiger charge is -2.15. The summed E-state index contributed by atoms with van der Waals surface area (Å²) in [6.45, 7) is 5.63. The van der Waals surface area contributed by atoms with Crippen molar-refractivity contribution in [3.05, 3.63) is 45.7 Å². The van der Waals surface area contributed by atoms with Gasteiger partial charge in [0.15, 0.2) is 0 Å². The number of methoxy groups -OCH3 is 1. The van der Waals surface area contributed by atoms with Gasteiger partial charge in [-0.1, -0.05) is 11.6 Å². The van der Waals surface area contributed by atoms with E-state index in [-0.39, 0.29) is 0 Å². The largest absolute Gasteiger partial charge is 0.495 e. The van der Waals surface area contributed by atoms with Crippen LogP contribution >= 0.6 is 11.6 Å². The van der Waals surface area contributed by atoms with Gasteiger partial charge < -0.3 is 10.1 Å². The maximum absolute atomic E-state index is 9.31. The number of nitrogens with one attached hydrogen (secondary N) is 1. The Morgan fingerprint density at radius 2 is 1.90 bits per heavy atom. The number of hydrogen-bond acceptors (Lipinski definition) is 4. The molecule has 0 saturated carbocycles. The maximum Gasteiger partial charge on any atom is 0.143 e. The zero-order valence-corrected chi connectivity index (χ0v) is 13.2. The third kappa shape index (κ3) is 3.09. The van der Waals surface area contributed by atoms with E-state index in [9.17, 15) is 5.26 Å². The summed E-state index contributed by atoms with van der Waals surface area (Å²) in [4.78, 5) is 4.31. The van der Waals surface area contributed by atoms with Gasteiger partial charge in [-0.2, -0.15) is 5.26 Å². The van der Waals surface area contributed by atoms with Crippen molar-refractivity contribution in [2.24, 2.45) is 0 Å². The Bertz CT molecular complexity index is 735. The van der Waals surface area contributed by atoms with Gasteiger partial charge in [-0.25, -0.2) is 0 Å². The molecule has 5 heteroatoms. The van der Waals surface area contributed by atoms with E-state index < -0.39 is 0 Å². The second-order valence-electron chi connectivity index (χ2n) is 4.81. The molecule has 0 spiro atoms. The molecule has 0 atom stereocenters. The number of aryl methyl sites for hydroxylation is 3. The molecule has 0 unspecified atom stereocenters. The van der Waals surface area contributed by atoms with Crippen molar-refractivity contribution in [1.82, 2.24) is 4.98 Å². The average molecular weight is 302 g/mol. The molecule has 0 fully saturated rings. The predicted molar refractivity (Wildman–Crippen MR) is 84.4 cm³/mol. The Labute approximate surface area is 129 Å². The maximum atomic E-state index is 9.31. The molecule has 1 aromatic heterocycles. The van der Waals surface area contributed by atoms with Crippen LogP contribution in [-0.2, 0) is 0 Å². The van der Waals surface area contributed by atoms with E-state index >= 15 is 0 Å². The molecule has 2 rings (SSSR count). The highest BCUT2D eigenvalue weighted by Gasteiger charge is 2.12. The molecule has 108 valence electrons. The first-order valence-electron chi connectivity index (χ1n) is 6.45. The van der Waals surface area contributed by atoms with E-state index in [0.717, 1.165) is 16.9 Å². The molecular weight excluding hydrogens is 286 g/mol. The van der Waals surface area contributed by atoms with E-state index in [1.807, 2.05) is 32.9 Å². The highest BCUT2D eigenvalue weighted by Crippen LogP contribution is 2.34. The smallest absolute Gasteiger partial charge is 0.143 e. The van der Waals surface area contributed by atoms with E-state index in [1.165, 1.54) is 0 Å². The summed E-state index contributed by atoms with van der Waals surface area (Å²) in [6, 6.07) is 7.68. The molecule has 1 N–H and O–H groups in total. The van der Waals surface area contributed by atoms with Crippen LogP contribution in [-0.4, -0.2) is 12.1 Å². The van der Waals surface area contributed by atoms with Crippen molar-refractivity contribution in [1.29, 1.82) is 5.26 Å². The van der Waals surface area contributed by atoms with E-state index in [2.05, 4.69) is 16.4 Å². The van der Waals surface area contributed by atoms with Gasteiger partial charge in [0.05, 0.1) is 29.7 Å². The number of hydrogen-bond donors (Lipinski definition) is 1. The average Bonchev–Trinajstić information content (AvgIpc) is 2.42. The summed E-state index contributed by atoms with van der Waals surface area (Å²) < 4.78 is 5.34. The number of rotatable bonds is 3. The first-order valence-corrected chi connectivity index (χ1v) is 6.83. The molecule has 0 aliphatic carbocycles. The van der Waals surface area contributed by atoms with Crippen LogP contribution in [0.4, 0.5) is 11.4 Å². The van der Waals surface area contributed by atoms with E-state index in [0.29, 0.717) is 27.7 Å². The van der Waals surface area contributed by atoms with Crippen LogP contribution in [0.5, 0.6) is 5.75 Å². The van der Waals surface area contributed by atoms with Gasteiger partial charge in [-0.05, 0) is 38.5 Å². The fraction of sp³-hybridized carbons (Fsp3) is 0.250. The van der Waals surface area contributed by atoms with Crippen LogP contribution in [0.15, 0.2) is 18.2 Å². The SMILES string of the molecule is COc1cc(Cl)c(C)cc1Nc1cc(C)nc(C)c1C#N. The Morgan fingerprint density at radius 3 is 2.52 bits per heavy atom. The fourth-order valence-electron chi connectivity index (χ4n) is 2.14. The highest BCUT2D eigenvalue weighted by atomic mass is 35.5. The minimum atomic E-state index is 0.523. The number of nitrogens with zero attached hydrogens (tertiary/aromatic N) is 2. The number of halogens is 1. The number of anilines is 2. The third-order valence-electron chi connectivity index (χ3n) is 3.19. The van der Waals surface area contributed by atoms with Gasteiger partial charge in [-0.15, -0.1) is 0 Å². The second-order valence-corrected chi connectivity index (χ2v) is 5.22. The van der Waals surface area contributed by atoms with Crippen molar-refractivity contribution < 1.29 is 4.74 Å². The third-order valence-corrected chi connectivity index (χ3v) is 3.60. The van der Waals surface area contributed by atoms with E-state index in [1.54, 1.807) is 13.2 Å². The van der Waals surface area contributed by atoms with Gasteiger partial charge in [0.25, 0.3) is 0 Å². The van der Waals surface area contributed by atoms with Gasteiger partial charge in [-0.3, -0.25) is 4.98 Å². The van der Waals surface area contributed by atoms with Gasteiger partial charge in [0, 0.05) is 16.8 Å². The van der Waals surface area contributed by atoms with Crippen LogP contribution in [0.3, 0.4) is 0 Å². The number of aromatic nitrogens is 1. The molecule has 0 saturated heterocycles. The summed E-state index contributed by atoms with van der Waals surface area (Å²) in [6.07, 6.45) is 0. The molecule has 1 aromatic carbocycles.